The number of hydrogen-bond acceptors (Lipinski definition) is 3. The largest absolute Gasteiger partial charge is 0.356 e. The lowest BCUT2D eigenvalue weighted by atomic mass is 9.67. The quantitative estimate of drug-likeness (QED) is 0.655. The molecule has 1 saturated carbocycles. The van der Waals surface area contributed by atoms with E-state index in [-0.39, 0.29) is 5.41 Å². The highest BCUT2D eigenvalue weighted by Crippen LogP contribution is 2.46. The number of rotatable bonds is 7. The molecular weight excluding hydrogens is 330 g/mol. The minimum absolute atomic E-state index is 0.0365. The van der Waals surface area contributed by atoms with E-state index in [1.807, 2.05) is 0 Å². The molecule has 0 radical (unpaired) electrons. The molecule has 0 spiro atoms. The van der Waals surface area contributed by atoms with Gasteiger partial charge < -0.3 is 4.90 Å². The van der Waals surface area contributed by atoms with Crippen molar-refractivity contribution in [1.82, 2.24) is 9.97 Å². The van der Waals surface area contributed by atoms with Crippen molar-refractivity contribution < 1.29 is 0 Å². The molecule has 0 saturated heterocycles. The van der Waals surface area contributed by atoms with Crippen LogP contribution in [0.25, 0.3) is 0 Å². The highest BCUT2D eigenvalue weighted by molar-refractivity contribution is 5.55. The minimum Gasteiger partial charge on any atom is -0.356 e. The van der Waals surface area contributed by atoms with Crippen molar-refractivity contribution in [3.8, 4) is 0 Å². The van der Waals surface area contributed by atoms with Gasteiger partial charge in [0.25, 0.3) is 0 Å². The maximum atomic E-state index is 5.07. The molecule has 1 aromatic heterocycles. The van der Waals surface area contributed by atoms with E-state index >= 15 is 0 Å². The molecule has 0 N–H and O–H groups in total. The van der Waals surface area contributed by atoms with E-state index in [0.717, 1.165) is 31.1 Å². The second-order valence-corrected chi connectivity index (χ2v) is 8.47. The Hall–Kier alpha value is -1.90. The van der Waals surface area contributed by atoms with Gasteiger partial charge in [-0.1, -0.05) is 44.2 Å². The Labute approximate surface area is 164 Å². The molecule has 2 aromatic rings. The van der Waals surface area contributed by atoms with Crippen LogP contribution in [0.3, 0.4) is 0 Å². The molecule has 27 heavy (non-hydrogen) atoms. The van der Waals surface area contributed by atoms with E-state index in [1.165, 1.54) is 61.3 Å². The molecule has 1 fully saturated rings. The Bertz CT molecular complexity index is 782. The number of benzene rings is 1. The third kappa shape index (κ3) is 3.49. The lowest BCUT2D eigenvalue weighted by Gasteiger charge is -2.40. The summed E-state index contributed by atoms with van der Waals surface area (Å²) in [5, 5.41) is 0. The van der Waals surface area contributed by atoms with Crippen LogP contribution in [0, 0.1) is 12.8 Å². The third-order valence-electron chi connectivity index (χ3n) is 6.48. The predicted octanol–water partition coefficient (Wildman–Crippen LogP) is 5.44. The van der Waals surface area contributed by atoms with Crippen LogP contribution in [-0.2, 0) is 11.8 Å². The summed E-state index contributed by atoms with van der Waals surface area (Å²) in [4.78, 5) is 12.6. The van der Waals surface area contributed by atoms with Crippen LogP contribution in [0.1, 0.15) is 75.0 Å². The SMILES string of the molecule is CCCN(CC1CC1)c1nc(C)nc2c1CCC[C@@]2(CC)c1ccccc1. The third-order valence-corrected chi connectivity index (χ3v) is 6.48. The molecule has 2 aliphatic carbocycles. The van der Waals surface area contributed by atoms with Crippen LogP contribution < -0.4 is 4.90 Å². The summed E-state index contributed by atoms with van der Waals surface area (Å²) in [5.41, 5.74) is 4.18. The topological polar surface area (TPSA) is 29.0 Å². The summed E-state index contributed by atoms with van der Waals surface area (Å²) >= 11 is 0. The number of aryl methyl sites for hydroxylation is 1. The molecule has 1 aromatic carbocycles. The van der Waals surface area contributed by atoms with Crippen molar-refractivity contribution in [1.29, 1.82) is 0 Å². The van der Waals surface area contributed by atoms with Crippen LogP contribution in [-0.4, -0.2) is 23.1 Å². The zero-order valence-electron chi connectivity index (χ0n) is 17.2. The fourth-order valence-corrected chi connectivity index (χ4v) is 4.91. The smallest absolute Gasteiger partial charge is 0.135 e. The molecule has 0 bridgehead atoms. The lowest BCUT2D eigenvalue weighted by molar-refractivity contribution is 0.398. The van der Waals surface area contributed by atoms with E-state index in [2.05, 4.69) is 56.0 Å². The molecule has 3 nitrogen and oxygen atoms in total. The van der Waals surface area contributed by atoms with Crippen LogP contribution in [0.2, 0.25) is 0 Å². The van der Waals surface area contributed by atoms with Gasteiger partial charge in [0.1, 0.15) is 11.6 Å². The normalized spacial score (nSPS) is 21.7. The molecular formula is C24H33N3. The van der Waals surface area contributed by atoms with Gasteiger partial charge in [-0.2, -0.15) is 0 Å². The number of hydrogen-bond donors (Lipinski definition) is 0. The molecule has 4 rings (SSSR count). The predicted molar refractivity (Wildman–Crippen MR) is 112 cm³/mol. The van der Waals surface area contributed by atoms with E-state index in [0.29, 0.717) is 0 Å². The van der Waals surface area contributed by atoms with Gasteiger partial charge in [-0.05, 0) is 63.4 Å². The average molecular weight is 364 g/mol. The van der Waals surface area contributed by atoms with E-state index in [9.17, 15) is 0 Å². The zero-order chi connectivity index (χ0) is 18.9. The number of anilines is 1. The highest BCUT2D eigenvalue weighted by atomic mass is 15.2. The van der Waals surface area contributed by atoms with Crippen LogP contribution >= 0.6 is 0 Å². The van der Waals surface area contributed by atoms with Crippen molar-refractivity contribution in [3.05, 3.63) is 53.0 Å². The standard InChI is InChI=1S/C24H33N3/c1-4-16-27(17-19-13-14-19)23-21-12-9-15-24(5-2,20-10-7-6-8-11-20)22(21)25-18(3)26-23/h6-8,10-11,19H,4-5,9,12-17H2,1-3H3/t24-/m0/s1. The van der Waals surface area contributed by atoms with Crippen molar-refractivity contribution >= 4 is 5.82 Å². The van der Waals surface area contributed by atoms with Crippen LogP contribution in [0.5, 0.6) is 0 Å². The van der Waals surface area contributed by atoms with Gasteiger partial charge in [0, 0.05) is 24.1 Å². The number of aromatic nitrogens is 2. The number of fused-ring (bicyclic) bond motifs is 1. The van der Waals surface area contributed by atoms with E-state index in [1.54, 1.807) is 0 Å². The molecule has 1 heterocycles. The molecule has 1 atom stereocenters. The van der Waals surface area contributed by atoms with Crippen LogP contribution in [0.4, 0.5) is 5.82 Å². The van der Waals surface area contributed by atoms with Crippen molar-refractivity contribution in [3.63, 3.8) is 0 Å². The lowest BCUT2D eigenvalue weighted by Crippen LogP contribution is -2.36. The summed E-state index contributed by atoms with van der Waals surface area (Å²) < 4.78 is 0. The minimum atomic E-state index is 0.0365. The number of nitrogens with zero attached hydrogens (tertiary/aromatic N) is 3. The summed E-state index contributed by atoms with van der Waals surface area (Å²) in [6.45, 7) is 8.95. The van der Waals surface area contributed by atoms with Gasteiger partial charge in [0.15, 0.2) is 0 Å². The molecule has 2 aliphatic rings. The second kappa shape index (κ2) is 7.61. The fraction of sp³-hybridized carbons (Fsp3) is 0.583. The Morgan fingerprint density at radius 1 is 1.11 bits per heavy atom. The summed E-state index contributed by atoms with van der Waals surface area (Å²) in [5.74, 6) is 3.03. The van der Waals surface area contributed by atoms with Crippen molar-refractivity contribution in [2.24, 2.45) is 5.92 Å². The Kier molecular flexibility index (Phi) is 5.21. The summed E-state index contributed by atoms with van der Waals surface area (Å²) in [6, 6.07) is 11.1. The Morgan fingerprint density at radius 3 is 2.56 bits per heavy atom. The summed E-state index contributed by atoms with van der Waals surface area (Å²) in [6.07, 6.45) is 8.55. The van der Waals surface area contributed by atoms with E-state index in [4.69, 9.17) is 9.97 Å². The van der Waals surface area contributed by atoms with Gasteiger partial charge in [0.05, 0.1) is 5.69 Å². The molecule has 0 aliphatic heterocycles. The van der Waals surface area contributed by atoms with Gasteiger partial charge in [-0.15, -0.1) is 0 Å². The summed E-state index contributed by atoms with van der Waals surface area (Å²) in [7, 11) is 0. The highest BCUT2D eigenvalue weighted by Gasteiger charge is 2.40. The zero-order valence-corrected chi connectivity index (χ0v) is 17.2. The van der Waals surface area contributed by atoms with Crippen molar-refractivity contribution in [2.75, 3.05) is 18.0 Å². The van der Waals surface area contributed by atoms with E-state index < -0.39 is 0 Å². The maximum absolute atomic E-state index is 5.07. The first-order valence-corrected chi connectivity index (χ1v) is 10.9. The Morgan fingerprint density at radius 2 is 1.89 bits per heavy atom. The van der Waals surface area contributed by atoms with Gasteiger partial charge >= 0.3 is 0 Å². The molecule has 0 amide bonds. The van der Waals surface area contributed by atoms with Crippen molar-refractivity contribution in [2.45, 2.75) is 71.1 Å². The molecule has 144 valence electrons. The molecule has 3 heteroatoms. The molecule has 0 unspecified atom stereocenters. The van der Waals surface area contributed by atoms with Gasteiger partial charge in [0.2, 0.25) is 0 Å². The van der Waals surface area contributed by atoms with Gasteiger partial charge in [-0.25, -0.2) is 9.97 Å². The monoisotopic (exact) mass is 363 g/mol. The van der Waals surface area contributed by atoms with Gasteiger partial charge in [-0.3, -0.25) is 0 Å². The average Bonchev–Trinajstić information content (AvgIpc) is 3.51. The van der Waals surface area contributed by atoms with Crippen LogP contribution in [0.15, 0.2) is 30.3 Å². The fourth-order valence-electron chi connectivity index (χ4n) is 4.91. The maximum Gasteiger partial charge on any atom is 0.135 e. The first kappa shape index (κ1) is 18.5. The first-order valence-electron chi connectivity index (χ1n) is 10.9. The first-order chi connectivity index (χ1) is 13.2. The Balaban J connectivity index is 1.84. The second-order valence-electron chi connectivity index (χ2n) is 8.47.